The number of carbonyl (C=O) groups excluding carboxylic acids is 1. The highest BCUT2D eigenvalue weighted by molar-refractivity contribution is 7.10. The summed E-state index contributed by atoms with van der Waals surface area (Å²) in [7, 11) is 1.80. The van der Waals surface area contributed by atoms with Gasteiger partial charge >= 0.3 is 6.03 Å². The molecule has 0 aliphatic heterocycles. The molecule has 1 atom stereocenters. The molecule has 0 spiro atoms. The number of urea groups is 1. The highest BCUT2D eigenvalue weighted by atomic mass is 35.5. The molecule has 2 aromatic rings. The molecule has 120 valence electrons. The van der Waals surface area contributed by atoms with E-state index in [0.717, 1.165) is 22.7 Å². The lowest BCUT2D eigenvalue weighted by Gasteiger charge is -2.23. The first-order valence-electron chi connectivity index (χ1n) is 6.77. The summed E-state index contributed by atoms with van der Waals surface area (Å²) in [6.07, 6.45) is 0.919. The number of nitrogens with one attached hydrogen (secondary N) is 1. The van der Waals surface area contributed by atoms with Gasteiger partial charge in [-0.3, -0.25) is 5.32 Å². The Bertz CT molecular complexity index is 616. The maximum Gasteiger partial charge on any atom is 0.322 e. The standard InChI is InChI=1S/C15H18ClN3OS.ClH/c1-4-10(2)19(3)15(20)17-14-9-13(18-21-14)11-5-7-12(16)8-6-11;/h5-10H,4H2,1-3H3,(H,17,20);1H. The van der Waals surface area contributed by atoms with Crippen molar-refractivity contribution in [2.75, 3.05) is 12.4 Å². The van der Waals surface area contributed by atoms with Gasteiger partial charge in [-0.05, 0) is 37.0 Å². The van der Waals surface area contributed by atoms with Gasteiger partial charge in [-0.1, -0.05) is 30.7 Å². The molecule has 0 aliphatic carbocycles. The number of rotatable bonds is 4. The van der Waals surface area contributed by atoms with Crippen molar-refractivity contribution in [3.8, 4) is 11.3 Å². The minimum Gasteiger partial charge on any atom is -0.325 e. The third-order valence-corrected chi connectivity index (χ3v) is 4.41. The number of hydrogen-bond acceptors (Lipinski definition) is 3. The second-order valence-electron chi connectivity index (χ2n) is 4.88. The summed E-state index contributed by atoms with van der Waals surface area (Å²) in [6.45, 7) is 4.07. The van der Waals surface area contributed by atoms with Crippen LogP contribution in [0.1, 0.15) is 20.3 Å². The fraction of sp³-hybridized carbons (Fsp3) is 0.333. The Morgan fingerprint density at radius 3 is 2.64 bits per heavy atom. The lowest BCUT2D eigenvalue weighted by Crippen LogP contribution is -2.37. The van der Waals surface area contributed by atoms with E-state index in [1.54, 1.807) is 11.9 Å². The van der Waals surface area contributed by atoms with Crippen molar-refractivity contribution >= 4 is 46.6 Å². The van der Waals surface area contributed by atoms with Crippen molar-refractivity contribution in [2.24, 2.45) is 0 Å². The highest BCUT2D eigenvalue weighted by Gasteiger charge is 2.15. The largest absolute Gasteiger partial charge is 0.325 e. The van der Waals surface area contributed by atoms with Crippen LogP contribution in [0.3, 0.4) is 0 Å². The molecule has 22 heavy (non-hydrogen) atoms. The van der Waals surface area contributed by atoms with Gasteiger partial charge in [0.15, 0.2) is 0 Å². The molecule has 1 unspecified atom stereocenters. The average molecular weight is 360 g/mol. The van der Waals surface area contributed by atoms with Gasteiger partial charge in [0.1, 0.15) is 5.00 Å². The van der Waals surface area contributed by atoms with Gasteiger partial charge in [0.25, 0.3) is 0 Å². The number of aromatic nitrogens is 1. The number of anilines is 1. The first kappa shape index (κ1) is 18.7. The molecular formula is C15H19Cl2N3OS. The van der Waals surface area contributed by atoms with E-state index in [1.807, 2.05) is 37.3 Å². The Kier molecular flexibility index (Phi) is 7.13. The van der Waals surface area contributed by atoms with Gasteiger partial charge in [-0.15, -0.1) is 12.4 Å². The summed E-state index contributed by atoms with van der Waals surface area (Å²) in [5, 5.41) is 4.30. The highest BCUT2D eigenvalue weighted by Crippen LogP contribution is 2.26. The predicted octanol–water partition coefficient (Wildman–Crippen LogP) is 5.15. The Hall–Kier alpha value is -1.30. The molecule has 4 nitrogen and oxygen atoms in total. The van der Waals surface area contributed by atoms with Crippen LogP contribution in [0.4, 0.5) is 9.80 Å². The molecule has 0 saturated carbocycles. The van der Waals surface area contributed by atoms with Gasteiger partial charge in [-0.25, -0.2) is 4.79 Å². The maximum atomic E-state index is 12.1. The van der Waals surface area contributed by atoms with E-state index in [2.05, 4.69) is 16.6 Å². The smallest absolute Gasteiger partial charge is 0.322 e. The zero-order chi connectivity index (χ0) is 15.4. The number of amides is 2. The molecule has 1 aromatic carbocycles. The van der Waals surface area contributed by atoms with Crippen LogP contribution in [0.2, 0.25) is 5.02 Å². The first-order chi connectivity index (χ1) is 10.0. The molecule has 0 radical (unpaired) electrons. The van der Waals surface area contributed by atoms with Crippen molar-refractivity contribution in [1.82, 2.24) is 9.27 Å². The minimum absolute atomic E-state index is 0. The number of nitrogens with zero attached hydrogens (tertiary/aromatic N) is 2. The molecular weight excluding hydrogens is 341 g/mol. The van der Waals surface area contributed by atoms with Gasteiger partial charge in [0.05, 0.1) is 5.69 Å². The molecule has 2 amide bonds. The van der Waals surface area contributed by atoms with Crippen molar-refractivity contribution < 1.29 is 4.79 Å². The Morgan fingerprint density at radius 2 is 2.05 bits per heavy atom. The van der Waals surface area contributed by atoms with Gasteiger partial charge < -0.3 is 4.90 Å². The Morgan fingerprint density at radius 1 is 1.41 bits per heavy atom. The van der Waals surface area contributed by atoms with E-state index in [1.165, 1.54) is 11.5 Å². The zero-order valence-electron chi connectivity index (χ0n) is 12.7. The summed E-state index contributed by atoms with van der Waals surface area (Å²) < 4.78 is 4.36. The summed E-state index contributed by atoms with van der Waals surface area (Å²) in [5.41, 5.74) is 1.81. The monoisotopic (exact) mass is 359 g/mol. The average Bonchev–Trinajstić information content (AvgIpc) is 2.94. The molecule has 0 aliphatic rings. The van der Waals surface area contributed by atoms with Crippen LogP contribution in [0.25, 0.3) is 11.3 Å². The van der Waals surface area contributed by atoms with Crippen LogP contribution in [-0.2, 0) is 0 Å². The van der Waals surface area contributed by atoms with Crippen molar-refractivity contribution in [3.05, 3.63) is 35.4 Å². The molecule has 1 N–H and O–H groups in total. The second kappa shape index (κ2) is 8.36. The predicted molar refractivity (Wildman–Crippen MR) is 96.3 cm³/mol. The summed E-state index contributed by atoms with van der Waals surface area (Å²) in [5.74, 6) is 0. The van der Waals surface area contributed by atoms with Crippen LogP contribution in [0, 0.1) is 0 Å². The topological polar surface area (TPSA) is 45.2 Å². The van der Waals surface area contributed by atoms with E-state index in [-0.39, 0.29) is 24.5 Å². The number of carbonyl (C=O) groups is 1. The number of benzene rings is 1. The van der Waals surface area contributed by atoms with E-state index >= 15 is 0 Å². The molecule has 2 rings (SSSR count). The fourth-order valence-corrected chi connectivity index (χ4v) is 2.54. The van der Waals surface area contributed by atoms with Crippen molar-refractivity contribution in [3.63, 3.8) is 0 Å². The molecule has 0 fully saturated rings. The van der Waals surface area contributed by atoms with Crippen molar-refractivity contribution in [1.29, 1.82) is 0 Å². The van der Waals surface area contributed by atoms with Gasteiger partial charge in [0, 0.05) is 29.7 Å². The lowest BCUT2D eigenvalue weighted by molar-refractivity contribution is 0.206. The third kappa shape index (κ3) is 4.60. The number of hydrogen-bond donors (Lipinski definition) is 1. The van der Waals surface area contributed by atoms with Crippen LogP contribution in [-0.4, -0.2) is 28.4 Å². The summed E-state index contributed by atoms with van der Waals surface area (Å²) in [4.78, 5) is 13.8. The van der Waals surface area contributed by atoms with Crippen LogP contribution >= 0.6 is 35.5 Å². The third-order valence-electron chi connectivity index (χ3n) is 3.45. The van der Waals surface area contributed by atoms with E-state index in [0.29, 0.717) is 5.02 Å². The van der Waals surface area contributed by atoms with E-state index < -0.39 is 0 Å². The maximum absolute atomic E-state index is 12.1. The lowest BCUT2D eigenvalue weighted by atomic mass is 10.1. The molecule has 1 heterocycles. The molecule has 0 bridgehead atoms. The normalized spacial score (nSPS) is 11.5. The first-order valence-corrected chi connectivity index (χ1v) is 7.93. The second-order valence-corrected chi connectivity index (χ2v) is 6.12. The van der Waals surface area contributed by atoms with Crippen LogP contribution in [0.15, 0.2) is 30.3 Å². The Balaban J connectivity index is 0.00000242. The van der Waals surface area contributed by atoms with Gasteiger partial charge in [0.2, 0.25) is 0 Å². The SMILES string of the molecule is CCC(C)N(C)C(=O)Nc1cc(-c2ccc(Cl)cc2)ns1.Cl. The zero-order valence-corrected chi connectivity index (χ0v) is 15.1. The quantitative estimate of drug-likeness (QED) is 0.820. The molecule has 7 heteroatoms. The summed E-state index contributed by atoms with van der Waals surface area (Å²) >= 11 is 7.14. The number of halogens is 2. The fourth-order valence-electron chi connectivity index (χ4n) is 1.76. The molecule has 0 saturated heterocycles. The summed E-state index contributed by atoms with van der Waals surface area (Å²) in [6, 6.07) is 9.43. The van der Waals surface area contributed by atoms with Crippen LogP contribution < -0.4 is 5.32 Å². The Labute approximate surface area is 146 Å². The van der Waals surface area contributed by atoms with Crippen molar-refractivity contribution in [2.45, 2.75) is 26.3 Å². The van der Waals surface area contributed by atoms with Gasteiger partial charge in [-0.2, -0.15) is 4.37 Å². The minimum atomic E-state index is -0.115. The molecule has 1 aromatic heterocycles. The van der Waals surface area contributed by atoms with E-state index in [9.17, 15) is 4.79 Å². The van der Waals surface area contributed by atoms with E-state index in [4.69, 9.17) is 11.6 Å². The van der Waals surface area contributed by atoms with Crippen LogP contribution in [0.5, 0.6) is 0 Å².